The second-order valence-electron chi connectivity index (χ2n) is 7.59. The van der Waals surface area contributed by atoms with E-state index in [1.165, 1.54) is 22.6 Å². The van der Waals surface area contributed by atoms with Gasteiger partial charge in [0.2, 0.25) is 0 Å². The number of carbonyl (C=O) groups is 1. The van der Waals surface area contributed by atoms with E-state index in [1.54, 1.807) is 12.1 Å². The Hall–Kier alpha value is -3.22. The van der Waals surface area contributed by atoms with E-state index < -0.39 is 0 Å². The zero-order valence-corrected chi connectivity index (χ0v) is 15.3. The molecule has 27 heavy (non-hydrogen) atoms. The Bertz CT molecular complexity index is 954. The Morgan fingerprint density at radius 2 is 1.96 bits per heavy atom. The summed E-state index contributed by atoms with van der Waals surface area (Å²) in [4.78, 5) is 14.9. The maximum Gasteiger partial charge on any atom is 0.257 e. The van der Waals surface area contributed by atoms with E-state index in [2.05, 4.69) is 41.5 Å². The monoisotopic (exact) mass is 363 g/mol. The van der Waals surface area contributed by atoms with E-state index in [1.807, 2.05) is 23.1 Å². The van der Waals surface area contributed by atoms with Gasteiger partial charge in [0.15, 0.2) is 0 Å². The third kappa shape index (κ3) is 3.16. The molecular formula is C20H21N5O2. The average molecular weight is 363 g/mol. The summed E-state index contributed by atoms with van der Waals surface area (Å²) in [7, 11) is 0. The molecule has 1 N–H and O–H groups in total. The zero-order chi connectivity index (χ0) is 19.0. The molecule has 1 aliphatic rings. The van der Waals surface area contributed by atoms with Gasteiger partial charge in [-0.1, -0.05) is 44.2 Å². The highest BCUT2D eigenvalue weighted by Crippen LogP contribution is 2.43. The average Bonchev–Trinajstić information content (AvgIpc) is 3.29. The number of phenols is 1. The van der Waals surface area contributed by atoms with Gasteiger partial charge in [0.25, 0.3) is 5.91 Å². The summed E-state index contributed by atoms with van der Waals surface area (Å²) < 4.78 is 1.43. The molecule has 138 valence electrons. The van der Waals surface area contributed by atoms with E-state index in [0.29, 0.717) is 18.8 Å². The van der Waals surface area contributed by atoms with Crippen LogP contribution in [-0.2, 0) is 0 Å². The van der Waals surface area contributed by atoms with Gasteiger partial charge in [-0.25, -0.2) is 4.68 Å². The maximum atomic E-state index is 13.0. The lowest BCUT2D eigenvalue weighted by atomic mass is 9.78. The molecular weight excluding hydrogens is 342 g/mol. The SMILES string of the molecule is CC1(C)CN(C(=O)c2ccc(-n3cnnn3)cc2O)C[C@H]1c1ccccc1. The van der Waals surface area contributed by atoms with E-state index >= 15 is 0 Å². The highest BCUT2D eigenvalue weighted by Gasteiger charge is 2.42. The van der Waals surface area contributed by atoms with Crippen LogP contribution < -0.4 is 0 Å². The number of likely N-dealkylation sites (tertiary alicyclic amines) is 1. The second-order valence-corrected chi connectivity index (χ2v) is 7.59. The summed E-state index contributed by atoms with van der Waals surface area (Å²) in [5, 5.41) is 21.4. The van der Waals surface area contributed by atoms with Crippen molar-refractivity contribution in [1.82, 2.24) is 25.1 Å². The van der Waals surface area contributed by atoms with Crippen LogP contribution in [0.15, 0.2) is 54.9 Å². The van der Waals surface area contributed by atoms with Crippen molar-refractivity contribution < 1.29 is 9.90 Å². The number of nitrogens with zero attached hydrogens (tertiary/aromatic N) is 5. The van der Waals surface area contributed by atoms with E-state index in [4.69, 9.17) is 0 Å². The second kappa shape index (κ2) is 6.50. The van der Waals surface area contributed by atoms with Crippen LogP contribution in [-0.4, -0.2) is 49.2 Å². The topological polar surface area (TPSA) is 84.1 Å². The number of benzene rings is 2. The lowest BCUT2D eigenvalue weighted by molar-refractivity contribution is 0.0775. The maximum absolute atomic E-state index is 13.0. The van der Waals surface area contributed by atoms with Crippen LogP contribution in [0.1, 0.15) is 35.7 Å². The summed E-state index contributed by atoms with van der Waals surface area (Å²) in [6.45, 7) is 5.63. The molecule has 1 fully saturated rings. The molecule has 0 unspecified atom stereocenters. The highest BCUT2D eigenvalue weighted by atomic mass is 16.3. The van der Waals surface area contributed by atoms with Crippen LogP contribution >= 0.6 is 0 Å². The molecule has 0 bridgehead atoms. The molecule has 0 radical (unpaired) electrons. The van der Waals surface area contributed by atoms with Crippen molar-refractivity contribution in [3.05, 3.63) is 66.0 Å². The molecule has 2 aromatic carbocycles. The summed E-state index contributed by atoms with van der Waals surface area (Å²) >= 11 is 0. The highest BCUT2D eigenvalue weighted by molar-refractivity contribution is 5.97. The van der Waals surface area contributed by atoms with Crippen LogP contribution in [0.4, 0.5) is 0 Å². The number of phenolic OH excluding ortho intramolecular Hbond substituents is 1. The number of tetrazole rings is 1. The Morgan fingerprint density at radius 3 is 2.63 bits per heavy atom. The summed E-state index contributed by atoms with van der Waals surface area (Å²) in [6.07, 6.45) is 1.43. The van der Waals surface area contributed by atoms with Crippen molar-refractivity contribution in [2.24, 2.45) is 5.41 Å². The van der Waals surface area contributed by atoms with Gasteiger partial charge >= 0.3 is 0 Å². The molecule has 7 heteroatoms. The molecule has 7 nitrogen and oxygen atoms in total. The predicted molar refractivity (Wildman–Crippen MR) is 99.7 cm³/mol. The standard InChI is InChI=1S/C20H21N5O2/c1-20(2)12-24(11-17(20)14-6-4-3-5-7-14)19(27)16-9-8-15(10-18(16)26)25-13-21-22-23-25/h3-10,13,17,26H,11-12H2,1-2H3/t17-/m0/s1. The molecule has 1 atom stereocenters. The molecule has 1 aromatic heterocycles. The fraction of sp³-hybridized carbons (Fsp3) is 0.300. The fourth-order valence-corrected chi connectivity index (χ4v) is 3.82. The minimum absolute atomic E-state index is 0.0427. The lowest BCUT2D eigenvalue weighted by Crippen LogP contribution is -2.30. The van der Waals surface area contributed by atoms with Gasteiger partial charge in [0, 0.05) is 25.1 Å². The van der Waals surface area contributed by atoms with E-state index in [-0.39, 0.29) is 28.6 Å². The number of aromatic nitrogens is 4. The first-order valence-electron chi connectivity index (χ1n) is 8.86. The molecule has 0 saturated carbocycles. The molecule has 1 amide bonds. The molecule has 2 heterocycles. The number of hydrogen-bond donors (Lipinski definition) is 1. The molecule has 3 aromatic rings. The summed E-state index contributed by atoms with van der Waals surface area (Å²) in [6, 6.07) is 15.1. The van der Waals surface area contributed by atoms with Crippen molar-refractivity contribution in [2.75, 3.05) is 13.1 Å². The minimum Gasteiger partial charge on any atom is -0.507 e. The Labute approximate surface area is 157 Å². The van der Waals surface area contributed by atoms with Gasteiger partial charge in [-0.2, -0.15) is 0 Å². The Kier molecular flexibility index (Phi) is 4.14. The third-order valence-corrected chi connectivity index (χ3v) is 5.26. The van der Waals surface area contributed by atoms with Crippen molar-refractivity contribution in [1.29, 1.82) is 0 Å². The van der Waals surface area contributed by atoms with Crippen molar-refractivity contribution in [2.45, 2.75) is 19.8 Å². The van der Waals surface area contributed by atoms with Gasteiger partial charge in [0.05, 0.1) is 11.3 Å². The van der Waals surface area contributed by atoms with Crippen LogP contribution in [0.2, 0.25) is 0 Å². The van der Waals surface area contributed by atoms with Crippen LogP contribution in [0.25, 0.3) is 5.69 Å². The normalized spacial score (nSPS) is 18.6. The quantitative estimate of drug-likeness (QED) is 0.773. The predicted octanol–water partition coefficient (Wildman–Crippen LogP) is 2.63. The van der Waals surface area contributed by atoms with Crippen molar-refractivity contribution in [3.63, 3.8) is 0 Å². The minimum atomic E-state index is -0.165. The van der Waals surface area contributed by atoms with Gasteiger partial charge in [-0.15, -0.1) is 5.10 Å². The first-order chi connectivity index (χ1) is 13.0. The lowest BCUT2D eigenvalue weighted by Gasteiger charge is -2.25. The smallest absolute Gasteiger partial charge is 0.257 e. The van der Waals surface area contributed by atoms with Gasteiger partial charge in [0.1, 0.15) is 12.1 Å². The number of hydrogen-bond acceptors (Lipinski definition) is 5. The number of amides is 1. The van der Waals surface area contributed by atoms with Gasteiger partial charge in [-0.3, -0.25) is 4.79 Å². The first-order valence-corrected chi connectivity index (χ1v) is 8.86. The Morgan fingerprint density at radius 1 is 1.19 bits per heavy atom. The van der Waals surface area contributed by atoms with Gasteiger partial charge < -0.3 is 10.0 Å². The van der Waals surface area contributed by atoms with Crippen molar-refractivity contribution in [3.8, 4) is 11.4 Å². The molecule has 0 aliphatic carbocycles. The van der Waals surface area contributed by atoms with E-state index in [0.717, 1.165) is 0 Å². The molecule has 0 spiro atoms. The van der Waals surface area contributed by atoms with E-state index in [9.17, 15) is 9.90 Å². The van der Waals surface area contributed by atoms with Crippen LogP contribution in [0.3, 0.4) is 0 Å². The summed E-state index contributed by atoms with van der Waals surface area (Å²) in [5.41, 5.74) is 2.07. The number of rotatable bonds is 3. The number of aromatic hydroxyl groups is 1. The summed E-state index contributed by atoms with van der Waals surface area (Å²) in [5.74, 6) is 0.0153. The Balaban J connectivity index is 1.58. The van der Waals surface area contributed by atoms with Crippen molar-refractivity contribution >= 4 is 5.91 Å². The van der Waals surface area contributed by atoms with Crippen LogP contribution in [0.5, 0.6) is 5.75 Å². The molecule has 1 aliphatic heterocycles. The van der Waals surface area contributed by atoms with Crippen LogP contribution in [0, 0.1) is 5.41 Å². The third-order valence-electron chi connectivity index (χ3n) is 5.26. The number of carbonyl (C=O) groups excluding carboxylic acids is 1. The molecule has 1 saturated heterocycles. The zero-order valence-electron chi connectivity index (χ0n) is 15.3. The fourth-order valence-electron chi connectivity index (χ4n) is 3.82. The van der Waals surface area contributed by atoms with Gasteiger partial charge in [-0.05, 0) is 33.5 Å². The molecule has 4 rings (SSSR count). The first kappa shape index (κ1) is 17.2. The largest absolute Gasteiger partial charge is 0.507 e.